The van der Waals surface area contributed by atoms with Crippen LogP contribution in [0, 0.1) is 0 Å². The summed E-state index contributed by atoms with van der Waals surface area (Å²) in [6.07, 6.45) is 0. The van der Waals surface area contributed by atoms with Gasteiger partial charge in [-0.05, 0) is 60.7 Å². The lowest BCUT2D eigenvalue weighted by Crippen LogP contribution is -2.23. The maximum Gasteiger partial charge on any atom is 0.335 e. The van der Waals surface area contributed by atoms with E-state index in [9.17, 15) is 19.5 Å². The van der Waals surface area contributed by atoms with Crippen molar-refractivity contribution in [3.63, 3.8) is 0 Å². The third kappa shape index (κ3) is 3.79. The lowest BCUT2D eigenvalue weighted by molar-refractivity contribution is 0.0696. The minimum absolute atomic E-state index is 0.0110. The molecule has 9 heteroatoms. The van der Waals surface area contributed by atoms with Crippen LogP contribution in [-0.2, 0) is 0 Å². The van der Waals surface area contributed by atoms with Crippen LogP contribution < -0.4 is 5.56 Å². The molecule has 7 nitrogen and oxygen atoms in total. The van der Waals surface area contributed by atoms with E-state index in [4.69, 9.17) is 28.3 Å². The summed E-state index contributed by atoms with van der Waals surface area (Å²) in [5, 5.41) is 20.9. The predicted molar refractivity (Wildman–Crippen MR) is 120 cm³/mol. The number of aromatic carboxylic acids is 1. The zero-order valence-corrected chi connectivity index (χ0v) is 17.7. The summed E-state index contributed by atoms with van der Waals surface area (Å²) in [6.45, 7) is 0. The molecular formula is C23H14Cl2N2O5. The first-order valence-electron chi connectivity index (χ1n) is 9.25. The predicted octanol–water partition coefficient (Wildman–Crippen LogP) is 4.57. The highest BCUT2D eigenvalue weighted by molar-refractivity contribution is 6.30. The van der Waals surface area contributed by atoms with E-state index in [1.165, 1.54) is 28.9 Å². The van der Waals surface area contributed by atoms with Crippen molar-refractivity contribution < 1.29 is 19.8 Å². The van der Waals surface area contributed by atoms with Gasteiger partial charge in [0.15, 0.2) is 5.56 Å². The molecule has 0 saturated heterocycles. The third-order valence-electron chi connectivity index (χ3n) is 4.79. The van der Waals surface area contributed by atoms with Crippen molar-refractivity contribution in [3.8, 4) is 17.3 Å². The Kier molecular flexibility index (Phi) is 5.61. The minimum atomic E-state index is -1.15. The number of carbonyl (C=O) groups excluding carboxylic acids is 1. The van der Waals surface area contributed by atoms with E-state index in [1.807, 2.05) is 0 Å². The Labute approximate surface area is 191 Å². The van der Waals surface area contributed by atoms with Gasteiger partial charge in [0.2, 0.25) is 11.7 Å². The summed E-state index contributed by atoms with van der Waals surface area (Å²) in [4.78, 5) is 37.5. The topological polar surface area (TPSA) is 102 Å². The second kappa shape index (κ2) is 8.37. The molecule has 0 amide bonds. The Morgan fingerprint density at radius 3 is 1.59 bits per heavy atom. The van der Waals surface area contributed by atoms with Crippen molar-refractivity contribution in [1.29, 1.82) is 0 Å². The lowest BCUT2D eigenvalue weighted by atomic mass is 10.0. The molecule has 32 heavy (non-hydrogen) atoms. The zero-order chi connectivity index (χ0) is 23.0. The fourth-order valence-corrected chi connectivity index (χ4v) is 3.49. The second-order valence-electron chi connectivity index (χ2n) is 6.79. The molecule has 1 aromatic heterocycles. The highest BCUT2D eigenvalue weighted by Gasteiger charge is 2.28. The van der Waals surface area contributed by atoms with Gasteiger partial charge in [-0.1, -0.05) is 35.3 Å². The standard InChI is InChI=1S/C23H14Cl2N2O5/c24-15-5-9-17(10-6-15)26-21(29)19(20(28)13-1-3-14(4-2-13)23(31)32)22(30)27(26)18-11-7-16(25)8-12-18/h1-12,29H,(H,31,32). The van der Waals surface area contributed by atoms with Crippen molar-refractivity contribution in [1.82, 2.24) is 9.36 Å². The Morgan fingerprint density at radius 1 is 0.688 bits per heavy atom. The Bertz CT molecular complexity index is 1390. The number of hydrogen-bond donors (Lipinski definition) is 2. The van der Waals surface area contributed by atoms with E-state index in [1.54, 1.807) is 48.5 Å². The number of carboxylic acid groups (broad SMARTS) is 1. The van der Waals surface area contributed by atoms with Crippen molar-refractivity contribution in [3.05, 3.63) is 110 Å². The number of carbonyl (C=O) groups is 2. The highest BCUT2D eigenvalue weighted by atomic mass is 35.5. The van der Waals surface area contributed by atoms with Crippen molar-refractivity contribution >= 4 is 35.0 Å². The molecule has 4 aromatic rings. The summed E-state index contributed by atoms with van der Waals surface area (Å²) < 4.78 is 2.34. The fraction of sp³-hybridized carbons (Fsp3) is 0. The normalized spacial score (nSPS) is 10.8. The number of ketones is 1. The minimum Gasteiger partial charge on any atom is -0.493 e. The SMILES string of the molecule is O=C(O)c1ccc(C(=O)c2c(O)n(-c3ccc(Cl)cc3)n(-c3ccc(Cl)cc3)c2=O)cc1. The molecule has 0 spiro atoms. The molecule has 4 rings (SSSR count). The molecule has 1 heterocycles. The fourth-order valence-electron chi connectivity index (χ4n) is 3.24. The number of benzene rings is 3. The van der Waals surface area contributed by atoms with E-state index < -0.39 is 28.8 Å². The van der Waals surface area contributed by atoms with Crippen LogP contribution in [-0.4, -0.2) is 31.3 Å². The monoisotopic (exact) mass is 468 g/mol. The van der Waals surface area contributed by atoms with Crippen molar-refractivity contribution in [2.75, 3.05) is 0 Å². The van der Waals surface area contributed by atoms with E-state index in [2.05, 4.69) is 0 Å². The van der Waals surface area contributed by atoms with Crippen LogP contribution in [0.1, 0.15) is 26.3 Å². The molecular weight excluding hydrogens is 455 g/mol. The first kappa shape index (κ1) is 21.4. The average Bonchev–Trinajstić information content (AvgIpc) is 3.04. The molecule has 0 aliphatic heterocycles. The summed E-state index contributed by atoms with van der Waals surface area (Å²) in [5.74, 6) is -2.47. The number of carboxylic acids is 1. The molecule has 0 bridgehead atoms. The van der Waals surface area contributed by atoms with Crippen LogP contribution in [0.2, 0.25) is 10.0 Å². The smallest absolute Gasteiger partial charge is 0.335 e. The van der Waals surface area contributed by atoms with Crippen LogP contribution in [0.15, 0.2) is 77.6 Å². The highest BCUT2D eigenvalue weighted by Crippen LogP contribution is 2.26. The first-order valence-corrected chi connectivity index (χ1v) is 10.0. The molecule has 0 radical (unpaired) electrons. The van der Waals surface area contributed by atoms with Gasteiger partial charge >= 0.3 is 5.97 Å². The number of rotatable bonds is 5. The Morgan fingerprint density at radius 2 is 1.12 bits per heavy atom. The summed E-state index contributed by atoms with van der Waals surface area (Å²) in [6, 6.07) is 17.7. The largest absolute Gasteiger partial charge is 0.493 e. The molecule has 2 N–H and O–H groups in total. The van der Waals surface area contributed by atoms with Gasteiger partial charge in [-0.25, -0.2) is 14.2 Å². The van der Waals surface area contributed by atoms with Gasteiger partial charge in [-0.2, -0.15) is 0 Å². The first-order chi connectivity index (χ1) is 15.3. The van der Waals surface area contributed by atoms with Crippen molar-refractivity contribution in [2.24, 2.45) is 0 Å². The molecule has 0 saturated carbocycles. The molecule has 3 aromatic carbocycles. The van der Waals surface area contributed by atoms with Gasteiger partial charge in [-0.3, -0.25) is 9.59 Å². The van der Waals surface area contributed by atoms with Gasteiger partial charge in [0.05, 0.1) is 16.9 Å². The average molecular weight is 469 g/mol. The third-order valence-corrected chi connectivity index (χ3v) is 5.30. The number of aromatic hydroxyl groups is 1. The summed E-state index contributed by atoms with van der Waals surface area (Å²) in [5.41, 5.74) is -0.420. The van der Waals surface area contributed by atoms with Crippen LogP contribution in [0.4, 0.5) is 0 Å². The van der Waals surface area contributed by atoms with E-state index >= 15 is 0 Å². The molecule has 0 aliphatic rings. The number of aromatic nitrogens is 2. The van der Waals surface area contributed by atoms with E-state index in [-0.39, 0.29) is 11.1 Å². The summed E-state index contributed by atoms with van der Waals surface area (Å²) in [7, 11) is 0. The van der Waals surface area contributed by atoms with Crippen LogP contribution in [0.25, 0.3) is 11.4 Å². The van der Waals surface area contributed by atoms with Crippen LogP contribution >= 0.6 is 23.2 Å². The quantitative estimate of drug-likeness (QED) is 0.417. The van der Waals surface area contributed by atoms with Gasteiger partial charge in [0, 0.05) is 15.6 Å². The molecule has 0 fully saturated rings. The number of halogens is 2. The molecule has 0 atom stereocenters. The van der Waals surface area contributed by atoms with Crippen LogP contribution in [0.5, 0.6) is 5.88 Å². The molecule has 0 aliphatic carbocycles. The summed E-state index contributed by atoms with van der Waals surface area (Å²) >= 11 is 11.9. The van der Waals surface area contributed by atoms with Gasteiger partial charge in [-0.15, -0.1) is 0 Å². The molecule has 160 valence electrons. The Hall–Kier alpha value is -3.81. The number of hydrogen-bond acceptors (Lipinski definition) is 4. The maximum atomic E-state index is 13.3. The lowest BCUT2D eigenvalue weighted by Gasteiger charge is -2.12. The van der Waals surface area contributed by atoms with E-state index in [0.717, 1.165) is 4.68 Å². The van der Waals surface area contributed by atoms with Gasteiger partial charge in [0.1, 0.15) is 0 Å². The van der Waals surface area contributed by atoms with E-state index in [0.29, 0.717) is 21.4 Å². The van der Waals surface area contributed by atoms with Crippen LogP contribution in [0.3, 0.4) is 0 Å². The molecule has 0 unspecified atom stereocenters. The Balaban J connectivity index is 1.94. The second-order valence-corrected chi connectivity index (χ2v) is 7.66. The maximum absolute atomic E-state index is 13.3. The zero-order valence-electron chi connectivity index (χ0n) is 16.2. The van der Waals surface area contributed by atoms with Gasteiger partial charge in [0.25, 0.3) is 5.56 Å². The van der Waals surface area contributed by atoms with Crippen molar-refractivity contribution in [2.45, 2.75) is 0 Å². The number of nitrogens with zero attached hydrogens (tertiary/aromatic N) is 2. The van der Waals surface area contributed by atoms with Gasteiger partial charge < -0.3 is 10.2 Å².